The van der Waals surface area contributed by atoms with Crippen LogP contribution in [0.3, 0.4) is 0 Å². The lowest BCUT2D eigenvalue weighted by Crippen LogP contribution is -2.08. The van der Waals surface area contributed by atoms with Crippen LogP contribution in [-0.2, 0) is 6.54 Å². The van der Waals surface area contributed by atoms with Crippen molar-refractivity contribution in [3.8, 4) is 0 Å². The van der Waals surface area contributed by atoms with E-state index in [9.17, 15) is 5.11 Å². The molecule has 0 aliphatic heterocycles. The highest BCUT2D eigenvalue weighted by atomic mass is 16.3. The van der Waals surface area contributed by atoms with Gasteiger partial charge in [-0.2, -0.15) is 0 Å². The summed E-state index contributed by atoms with van der Waals surface area (Å²) in [6.07, 6.45) is -0.563. The van der Waals surface area contributed by atoms with Crippen LogP contribution < -0.4 is 5.32 Å². The second kappa shape index (κ2) is 6.21. The molecule has 2 N–H and O–H groups in total. The topological polar surface area (TPSA) is 32.3 Å². The Balaban J connectivity index is 2.41. The molecule has 0 saturated heterocycles. The van der Waals surface area contributed by atoms with Crippen molar-refractivity contribution in [3.63, 3.8) is 0 Å². The highest BCUT2D eigenvalue weighted by Gasteiger charge is 2.16. The van der Waals surface area contributed by atoms with E-state index in [-0.39, 0.29) is 0 Å². The van der Waals surface area contributed by atoms with E-state index >= 15 is 0 Å². The zero-order valence-corrected chi connectivity index (χ0v) is 12.7. The van der Waals surface area contributed by atoms with Crippen LogP contribution in [0.5, 0.6) is 0 Å². The summed E-state index contributed by atoms with van der Waals surface area (Å²) in [5.74, 6) is 0. The molecule has 2 nitrogen and oxygen atoms in total. The van der Waals surface area contributed by atoms with E-state index < -0.39 is 6.10 Å². The first-order valence-corrected chi connectivity index (χ1v) is 7.02. The van der Waals surface area contributed by atoms with Crippen LogP contribution >= 0.6 is 0 Å². The lowest BCUT2D eigenvalue weighted by molar-refractivity contribution is 0.218. The summed E-state index contributed by atoms with van der Waals surface area (Å²) in [5.41, 5.74) is 6.69. The Bertz CT molecular complexity index is 581. The molecule has 0 spiro atoms. The SMILES string of the molecule is CNCc1cccc(C(O)c2c(C)cc(C)cc2C)c1. The third-order valence-corrected chi connectivity index (χ3v) is 3.66. The number of aliphatic hydroxyl groups is 1. The first-order valence-electron chi connectivity index (χ1n) is 7.02. The molecule has 0 saturated carbocycles. The molecule has 2 aromatic carbocycles. The summed E-state index contributed by atoms with van der Waals surface area (Å²) in [6, 6.07) is 12.4. The van der Waals surface area contributed by atoms with E-state index in [0.29, 0.717) is 0 Å². The highest BCUT2D eigenvalue weighted by molar-refractivity contribution is 5.43. The van der Waals surface area contributed by atoms with Gasteiger partial charge in [-0.1, -0.05) is 42.0 Å². The van der Waals surface area contributed by atoms with Crippen LogP contribution in [0.4, 0.5) is 0 Å². The summed E-state index contributed by atoms with van der Waals surface area (Å²) < 4.78 is 0. The van der Waals surface area contributed by atoms with Crippen LogP contribution in [-0.4, -0.2) is 12.2 Å². The number of aryl methyl sites for hydroxylation is 3. The first kappa shape index (κ1) is 14.8. The third-order valence-electron chi connectivity index (χ3n) is 3.66. The molecule has 1 atom stereocenters. The molecule has 0 amide bonds. The second-order valence-electron chi connectivity index (χ2n) is 5.49. The van der Waals surface area contributed by atoms with Gasteiger partial charge in [-0.3, -0.25) is 0 Å². The monoisotopic (exact) mass is 269 g/mol. The molecule has 106 valence electrons. The molecule has 0 radical (unpaired) electrons. The number of hydrogen-bond donors (Lipinski definition) is 2. The van der Waals surface area contributed by atoms with Crippen LogP contribution in [0.2, 0.25) is 0 Å². The van der Waals surface area contributed by atoms with Crippen molar-refractivity contribution in [2.24, 2.45) is 0 Å². The van der Waals surface area contributed by atoms with Gasteiger partial charge in [0.15, 0.2) is 0 Å². The molecule has 0 aliphatic rings. The molecule has 0 heterocycles. The predicted octanol–water partition coefficient (Wildman–Crippen LogP) is 3.41. The maximum atomic E-state index is 10.7. The van der Waals surface area contributed by atoms with Crippen LogP contribution in [0, 0.1) is 20.8 Å². The Kier molecular flexibility index (Phi) is 4.58. The summed E-state index contributed by atoms with van der Waals surface area (Å²) >= 11 is 0. The third kappa shape index (κ3) is 3.09. The van der Waals surface area contributed by atoms with Crippen LogP contribution in [0.1, 0.15) is 39.5 Å². The van der Waals surface area contributed by atoms with Crippen molar-refractivity contribution < 1.29 is 5.11 Å². The summed E-state index contributed by atoms with van der Waals surface area (Å²) in [6.45, 7) is 7.03. The first-order chi connectivity index (χ1) is 9.52. The summed E-state index contributed by atoms with van der Waals surface area (Å²) in [7, 11) is 1.93. The predicted molar refractivity (Wildman–Crippen MR) is 83.9 cm³/mol. The lowest BCUT2D eigenvalue weighted by Gasteiger charge is -2.18. The van der Waals surface area contributed by atoms with Gasteiger partial charge in [-0.05, 0) is 55.6 Å². The van der Waals surface area contributed by atoms with Crippen molar-refractivity contribution in [2.75, 3.05) is 7.05 Å². The van der Waals surface area contributed by atoms with Crippen LogP contribution in [0.15, 0.2) is 36.4 Å². The molecule has 0 aromatic heterocycles. The van der Waals surface area contributed by atoms with Crippen molar-refractivity contribution in [1.29, 1.82) is 0 Å². The maximum absolute atomic E-state index is 10.7. The van der Waals surface area contributed by atoms with Gasteiger partial charge in [0.25, 0.3) is 0 Å². The van der Waals surface area contributed by atoms with Gasteiger partial charge in [-0.15, -0.1) is 0 Å². The van der Waals surface area contributed by atoms with E-state index in [1.54, 1.807) is 0 Å². The average molecular weight is 269 g/mol. The maximum Gasteiger partial charge on any atom is 0.105 e. The number of aliphatic hydroxyl groups excluding tert-OH is 1. The fourth-order valence-corrected chi connectivity index (χ4v) is 2.87. The molecule has 2 heteroatoms. The van der Waals surface area contributed by atoms with Gasteiger partial charge in [0.1, 0.15) is 6.10 Å². The number of rotatable bonds is 4. The zero-order chi connectivity index (χ0) is 14.7. The second-order valence-corrected chi connectivity index (χ2v) is 5.49. The molecule has 1 unspecified atom stereocenters. The van der Waals surface area contributed by atoms with Gasteiger partial charge < -0.3 is 10.4 Å². The zero-order valence-electron chi connectivity index (χ0n) is 12.7. The summed E-state index contributed by atoms with van der Waals surface area (Å²) in [4.78, 5) is 0. The van der Waals surface area contributed by atoms with Gasteiger partial charge in [0.2, 0.25) is 0 Å². The number of nitrogens with one attached hydrogen (secondary N) is 1. The number of hydrogen-bond acceptors (Lipinski definition) is 2. The van der Waals surface area contributed by atoms with E-state index in [0.717, 1.165) is 28.8 Å². The molecule has 2 aromatic rings. The Labute approximate surface area is 121 Å². The van der Waals surface area contributed by atoms with E-state index in [2.05, 4.69) is 50.4 Å². The fourth-order valence-electron chi connectivity index (χ4n) is 2.87. The minimum absolute atomic E-state index is 0.563. The highest BCUT2D eigenvalue weighted by Crippen LogP contribution is 2.29. The average Bonchev–Trinajstić information content (AvgIpc) is 2.38. The molecule has 0 fully saturated rings. The smallest absolute Gasteiger partial charge is 0.105 e. The normalized spacial score (nSPS) is 12.4. The summed E-state index contributed by atoms with van der Waals surface area (Å²) in [5, 5.41) is 13.9. The Morgan fingerprint density at radius 2 is 1.70 bits per heavy atom. The standard InChI is InChI=1S/C18H23NO/c1-12-8-13(2)17(14(3)9-12)18(20)16-7-5-6-15(10-16)11-19-4/h5-10,18-20H,11H2,1-4H3. The van der Waals surface area contributed by atoms with Gasteiger partial charge >= 0.3 is 0 Å². The van der Waals surface area contributed by atoms with E-state index in [1.807, 2.05) is 19.2 Å². The lowest BCUT2D eigenvalue weighted by atomic mass is 9.91. The molecular formula is C18H23NO. The molecular weight excluding hydrogens is 246 g/mol. The van der Waals surface area contributed by atoms with E-state index in [4.69, 9.17) is 0 Å². The van der Waals surface area contributed by atoms with Crippen molar-refractivity contribution in [3.05, 3.63) is 69.8 Å². The minimum atomic E-state index is -0.563. The Morgan fingerprint density at radius 1 is 1.05 bits per heavy atom. The Morgan fingerprint density at radius 3 is 2.30 bits per heavy atom. The minimum Gasteiger partial charge on any atom is -0.384 e. The van der Waals surface area contributed by atoms with Crippen LogP contribution in [0.25, 0.3) is 0 Å². The molecule has 2 rings (SSSR count). The van der Waals surface area contributed by atoms with Crippen molar-refractivity contribution >= 4 is 0 Å². The van der Waals surface area contributed by atoms with Crippen molar-refractivity contribution in [2.45, 2.75) is 33.4 Å². The quantitative estimate of drug-likeness (QED) is 0.891. The molecule has 20 heavy (non-hydrogen) atoms. The van der Waals surface area contributed by atoms with E-state index in [1.165, 1.54) is 11.1 Å². The number of benzene rings is 2. The largest absolute Gasteiger partial charge is 0.384 e. The molecule has 0 aliphatic carbocycles. The van der Waals surface area contributed by atoms with Crippen molar-refractivity contribution in [1.82, 2.24) is 5.32 Å². The Hall–Kier alpha value is -1.64. The van der Waals surface area contributed by atoms with Gasteiger partial charge in [0, 0.05) is 6.54 Å². The molecule has 0 bridgehead atoms. The van der Waals surface area contributed by atoms with Gasteiger partial charge in [-0.25, -0.2) is 0 Å². The fraction of sp³-hybridized carbons (Fsp3) is 0.333. The van der Waals surface area contributed by atoms with Gasteiger partial charge in [0.05, 0.1) is 0 Å².